The molecule has 0 fully saturated rings. The maximum Gasteiger partial charge on any atom is 0.272 e. The minimum absolute atomic E-state index is 0.155. The molecule has 0 spiro atoms. The Morgan fingerprint density at radius 3 is 2.85 bits per heavy atom. The highest BCUT2D eigenvalue weighted by atomic mass is 16.1. The van der Waals surface area contributed by atoms with Crippen molar-refractivity contribution < 1.29 is 4.79 Å². The SMILES string of the molecule is Cc1ccc(NC(=O)c2cccn2C)c(C#CCN)c1. The summed E-state index contributed by atoms with van der Waals surface area (Å²) in [6, 6.07) is 9.34. The Morgan fingerprint density at radius 2 is 2.20 bits per heavy atom. The molecule has 1 aromatic carbocycles. The molecule has 1 amide bonds. The van der Waals surface area contributed by atoms with Crippen molar-refractivity contribution >= 4 is 11.6 Å². The van der Waals surface area contributed by atoms with Gasteiger partial charge in [0.05, 0.1) is 12.2 Å². The first kappa shape index (κ1) is 13.9. The first-order valence-corrected chi connectivity index (χ1v) is 6.34. The standard InChI is InChI=1S/C16H17N3O/c1-12-7-8-14(13(11-12)5-3-9-17)18-16(20)15-6-4-10-19(15)2/h4,6-8,10-11H,9,17H2,1-2H3,(H,18,20). The molecule has 1 heterocycles. The molecule has 0 radical (unpaired) electrons. The third-order valence-corrected chi connectivity index (χ3v) is 2.92. The van der Waals surface area contributed by atoms with E-state index >= 15 is 0 Å². The maximum atomic E-state index is 12.2. The van der Waals surface area contributed by atoms with Crippen molar-refractivity contribution in [2.24, 2.45) is 12.8 Å². The minimum atomic E-state index is -0.155. The Balaban J connectivity index is 2.29. The molecule has 0 saturated heterocycles. The van der Waals surface area contributed by atoms with Gasteiger partial charge in [-0.05, 0) is 36.8 Å². The van der Waals surface area contributed by atoms with Crippen LogP contribution in [-0.2, 0) is 7.05 Å². The third kappa shape index (κ3) is 3.08. The second kappa shape index (κ2) is 6.09. The van der Waals surface area contributed by atoms with Crippen LogP contribution in [0.1, 0.15) is 21.6 Å². The van der Waals surface area contributed by atoms with Crippen molar-refractivity contribution in [3.8, 4) is 11.8 Å². The van der Waals surface area contributed by atoms with E-state index in [4.69, 9.17) is 5.73 Å². The largest absolute Gasteiger partial charge is 0.347 e. The van der Waals surface area contributed by atoms with E-state index in [1.165, 1.54) is 0 Å². The van der Waals surface area contributed by atoms with E-state index in [9.17, 15) is 4.79 Å². The van der Waals surface area contributed by atoms with E-state index in [1.54, 1.807) is 10.6 Å². The molecule has 1 aromatic heterocycles. The summed E-state index contributed by atoms with van der Waals surface area (Å²) >= 11 is 0. The Kier molecular flexibility index (Phi) is 4.24. The fraction of sp³-hybridized carbons (Fsp3) is 0.188. The van der Waals surface area contributed by atoms with Gasteiger partial charge in [-0.2, -0.15) is 0 Å². The first-order chi connectivity index (χ1) is 9.61. The highest BCUT2D eigenvalue weighted by molar-refractivity contribution is 6.03. The number of amides is 1. The Morgan fingerprint density at radius 1 is 1.40 bits per heavy atom. The number of nitrogens with zero attached hydrogens (tertiary/aromatic N) is 1. The minimum Gasteiger partial charge on any atom is -0.347 e. The van der Waals surface area contributed by atoms with Crippen LogP contribution in [-0.4, -0.2) is 17.0 Å². The maximum absolute atomic E-state index is 12.2. The monoisotopic (exact) mass is 267 g/mol. The number of nitrogens with two attached hydrogens (primary N) is 1. The summed E-state index contributed by atoms with van der Waals surface area (Å²) in [5.41, 5.74) is 8.56. The molecule has 0 unspecified atom stereocenters. The first-order valence-electron chi connectivity index (χ1n) is 6.34. The van der Waals surface area contributed by atoms with Crippen molar-refractivity contribution in [3.05, 3.63) is 53.3 Å². The van der Waals surface area contributed by atoms with Crippen LogP contribution in [0.15, 0.2) is 36.5 Å². The van der Waals surface area contributed by atoms with Crippen molar-refractivity contribution in [1.82, 2.24) is 4.57 Å². The number of aryl methyl sites for hydroxylation is 2. The lowest BCUT2D eigenvalue weighted by Gasteiger charge is -2.09. The van der Waals surface area contributed by atoms with Gasteiger partial charge in [-0.15, -0.1) is 0 Å². The molecule has 3 N–H and O–H groups in total. The molecule has 0 atom stereocenters. The summed E-state index contributed by atoms with van der Waals surface area (Å²) in [6.45, 7) is 2.27. The summed E-state index contributed by atoms with van der Waals surface area (Å²) < 4.78 is 1.77. The summed E-state index contributed by atoms with van der Waals surface area (Å²) in [5, 5.41) is 2.89. The summed E-state index contributed by atoms with van der Waals surface area (Å²) in [4.78, 5) is 12.2. The predicted octanol–water partition coefficient (Wildman–Crippen LogP) is 1.90. The number of nitrogens with one attached hydrogen (secondary N) is 1. The van der Waals surface area contributed by atoms with Crippen LogP contribution in [0.3, 0.4) is 0 Å². The quantitative estimate of drug-likeness (QED) is 0.816. The number of rotatable bonds is 2. The number of anilines is 1. The van der Waals surface area contributed by atoms with Crippen molar-refractivity contribution in [1.29, 1.82) is 0 Å². The average Bonchev–Trinajstić information content (AvgIpc) is 2.85. The van der Waals surface area contributed by atoms with E-state index in [1.807, 2.05) is 44.4 Å². The zero-order valence-electron chi connectivity index (χ0n) is 11.6. The lowest BCUT2D eigenvalue weighted by molar-refractivity contribution is 0.101. The molecule has 0 aliphatic rings. The zero-order valence-corrected chi connectivity index (χ0v) is 11.6. The molecule has 0 saturated carbocycles. The van der Waals surface area contributed by atoms with Gasteiger partial charge in [-0.1, -0.05) is 17.9 Å². The lowest BCUT2D eigenvalue weighted by atomic mass is 10.1. The molecule has 0 aliphatic heterocycles. The number of benzene rings is 1. The molecule has 20 heavy (non-hydrogen) atoms. The molecule has 2 aromatic rings. The molecule has 0 aliphatic carbocycles. The fourth-order valence-electron chi connectivity index (χ4n) is 1.90. The van der Waals surface area contributed by atoms with Gasteiger partial charge in [0, 0.05) is 18.8 Å². The Hall–Kier alpha value is -2.51. The summed E-state index contributed by atoms with van der Waals surface area (Å²) in [6.07, 6.45) is 1.83. The van der Waals surface area contributed by atoms with Gasteiger partial charge in [0.2, 0.25) is 0 Å². The number of carbonyl (C=O) groups excluding carboxylic acids is 1. The highest BCUT2D eigenvalue weighted by Crippen LogP contribution is 2.17. The second-order valence-electron chi connectivity index (χ2n) is 4.51. The van der Waals surface area contributed by atoms with Crippen LogP contribution in [0.4, 0.5) is 5.69 Å². The smallest absolute Gasteiger partial charge is 0.272 e. The van der Waals surface area contributed by atoms with Crippen molar-refractivity contribution in [2.75, 3.05) is 11.9 Å². The van der Waals surface area contributed by atoms with E-state index in [0.29, 0.717) is 17.9 Å². The number of carbonyl (C=O) groups is 1. The predicted molar refractivity (Wildman–Crippen MR) is 80.5 cm³/mol. The van der Waals surface area contributed by atoms with Gasteiger partial charge >= 0.3 is 0 Å². The lowest BCUT2D eigenvalue weighted by Crippen LogP contribution is -2.16. The topological polar surface area (TPSA) is 60.0 Å². The van der Waals surface area contributed by atoms with Crippen molar-refractivity contribution in [2.45, 2.75) is 6.92 Å². The Labute approximate surface area is 118 Å². The number of aromatic nitrogens is 1. The van der Waals surface area contributed by atoms with Gasteiger partial charge in [-0.25, -0.2) is 0 Å². The van der Waals surface area contributed by atoms with Crippen LogP contribution in [0, 0.1) is 18.8 Å². The van der Waals surface area contributed by atoms with Gasteiger partial charge in [0.25, 0.3) is 5.91 Å². The zero-order chi connectivity index (χ0) is 14.5. The van der Waals surface area contributed by atoms with Crippen LogP contribution >= 0.6 is 0 Å². The van der Waals surface area contributed by atoms with Gasteiger partial charge in [0.1, 0.15) is 5.69 Å². The fourth-order valence-corrected chi connectivity index (χ4v) is 1.90. The van der Waals surface area contributed by atoms with Crippen LogP contribution in [0.2, 0.25) is 0 Å². The number of hydrogen-bond donors (Lipinski definition) is 2. The van der Waals surface area contributed by atoms with Crippen LogP contribution < -0.4 is 11.1 Å². The van der Waals surface area contributed by atoms with Gasteiger partial charge in [-0.3, -0.25) is 4.79 Å². The summed E-state index contributed by atoms with van der Waals surface area (Å²) in [5.74, 6) is 5.64. The van der Waals surface area contributed by atoms with E-state index in [-0.39, 0.29) is 5.91 Å². The number of hydrogen-bond acceptors (Lipinski definition) is 2. The molecule has 0 bridgehead atoms. The van der Waals surface area contributed by atoms with E-state index in [2.05, 4.69) is 17.2 Å². The van der Waals surface area contributed by atoms with E-state index in [0.717, 1.165) is 11.1 Å². The average molecular weight is 267 g/mol. The highest BCUT2D eigenvalue weighted by Gasteiger charge is 2.10. The van der Waals surface area contributed by atoms with Crippen LogP contribution in [0.25, 0.3) is 0 Å². The normalized spacial score (nSPS) is 9.75. The molecule has 4 heteroatoms. The van der Waals surface area contributed by atoms with Crippen LogP contribution in [0.5, 0.6) is 0 Å². The second-order valence-corrected chi connectivity index (χ2v) is 4.51. The van der Waals surface area contributed by atoms with Gasteiger partial charge < -0.3 is 15.6 Å². The summed E-state index contributed by atoms with van der Waals surface area (Å²) in [7, 11) is 1.83. The Bertz CT molecular complexity index is 689. The van der Waals surface area contributed by atoms with Gasteiger partial charge in [0.15, 0.2) is 0 Å². The third-order valence-electron chi connectivity index (χ3n) is 2.92. The van der Waals surface area contributed by atoms with E-state index < -0.39 is 0 Å². The molecule has 102 valence electrons. The molecular weight excluding hydrogens is 250 g/mol. The van der Waals surface area contributed by atoms with Crippen molar-refractivity contribution in [3.63, 3.8) is 0 Å². The molecule has 4 nitrogen and oxygen atoms in total. The molecule has 2 rings (SSSR count). The molecular formula is C16H17N3O.